The Hall–Kier alpha value is -0.413. The number of ketones is 1. The molecule has 0 spiro atoms. The second-order valence-electron chi connectivity index (χ2n) is 6.26. The number of carbonyl (C=O) groups is 1. The molecule has 16 heavy (non-hydrogen) atoms. The first-order chi connectivity index (χ1) is 7.17. The van der Waals surface area contributed by atoms with Crippen LogP contribution in [0, 0.1) is 5.92 Å². The minimum atomic E-state index is -1.76. The molecule has 2 atom stereocenters. The van der Waals surface area contributed by atoms with Gasteiger partial charge in [0.25, 0.3) is 0 Å². The molecule has 0 aromatic carbocycles. The molecule has 0 aliphatic heterocycles. The van der Waals surface area contributed by atoms with E-state index in [1.807, 2.05) is 6.08 Å². The van der Waals surface area contributed by atoms with Gasteiger partial charge in [-0.2, -0.15) is 0 Å². The molecule has 92 valence electrons. The molecule has 0 saturated heterocycles. The van der Waals surface area contributed by atoms with Crippen LogP contribution >= 0.6 is 0 Å². The average molecular weight is 240 g/mol. The topological polar surface area (TPSA) is 26.3 Å². The molecular weight excluding hydrogens is 216 g/mol. The molecular formula is C13H24O2Si. The smallest absolute Gasteiger partial charge is 0.192 e. The quantitative estimate of drug-likeness (QED) is 0.557. The molecule has 1 rings (SSSR count). The number of carbonyl (C=O) groups excluding carboxylic acids is 1. The SMILES string of the molecule is C=C[C@H]1CC(=O)C[C@@H]1O[Si](C)(C)C(C)(C)C. The molecule has 2 nitrogen and oxygen atoms in total. The van der Waals surface area contributed by atoms with Crippen LogP contribution in [0.15, 0.2) is 12.7 Å². The molecule has 0 heterocycles. The zero-order valence-corrected chi connectivity index (χ0v) is 12.2. The van der Waals surface area contributed by atoms with Crippen molar-refractivity contribution in [2.75, 3.05) is 0 Å². The summed E-state index contributed by atoms with van der Waals surface area (Å²) in [6.45, 7) is 14.9. The van der Waals surface area contributed by atoms with Crippen LogP contribution in [0.5, 0.6) is 0 Å². The Kier molecular flexibility index (Phi) is 3.80. The monoisotopic (exact) mass is 240 g/mol. The van der Waals surface area contributed by atoms with Crippen molar-refractivity contribution in [1.29, 1.82) is 0 Å². The van der Waals surface area contributed by atoms with E-state index in [1.165, 1.54) is 0 Å². The van der Waals surface area contributed by atoms with Crippen molar-refractivity contribution in [3.8, 4) is 0 Å². The zero-order valence-electron chi connectivity index (χ0n) is 11.2. The first-order valence-corrected chi connectivity index (χ1v) is 8.90. The lowest BCUT2D eigenvalue weighted by molar-refractivity contribution is -0.117. The van der Waals surface area contributed by atoms with Gasteiger partial charge in [-0.3, -0.25) is 4.79 Å². The summed E-state index contributed by atoms with van der Waals surface area (Å²) in [5.41, 5.74) is 0. The zero-order chi connectivity index (χ0) is 12.6. The maximum absolute atomic E-state index is 11.4. The molecule has 3 heteroatoms. The lowest BCUT2D eigenvalue weighted by Crippen LogP contribution is -2.44. The highest BCUT2D eigenvalue weighted by molar-refractivity contribution is 6.74. The third kappa shape index (κ3) is 2.83. The third-order valence-corrected chi connectivity index (χ3v) is 8.43. The molecule has 0 aromatic rings. The van der Waals surface area contributed by atoms with Crippen LogP contribution in [-0.2, 0) is 9.22 Å². The fourth-order valence-corrected chi connectivity index (χ4v) is 3.14. The summed E-state index contributed by atoms with van der Waals surface area (Å²) in [5.74, 6) is 0.537. The first kappa shape index (κ1) is 13.7. The van der Waals surface area contributed by atoms with E-state index in [4.69, 9.17) is 4.43 Å². The van der Waals surface area contributed by atoms with E-state index in [9.17, 15) is 4.79 Å². The molecule has 0 bridgehead atoms. The highest BCUT2D eigenvalue weighted by atomic mass is 28.4. The van der Waals surface area contributed by atoms with E-state index in [0.29, 0.717) is 18.6 Å². The molecule has 1 fully saturated rings. The maximum atomic E-state index is 11.4. The predicted octanol–water partition coefficient (Wildman–Crippen LogP) is 3.54. The molecule has 1 aliphatic rings. The fourth-order valence-electron chi connectivity index (χ4n) is 1.77. The number of rotatable bonds is 3. The van der Waals surface area contributed by atoms with Crippen molar-refractivity contribution < 1.29 is 9.22 Å². The highest BCUT2D eigenvalue weighted by Crippen LogP contribution is 2.40. The van der Waals surface area contributed by atoms with Crippen LogP contribution in [0.2, 0.25) is 18.1 Å². The highest BCUT2D eigenvalue weighted by Gasteiger charge is 2.42. The Morgan fingerprint density at radius 3 is 2.38 bits per heavy atom. The second kappa shape index (κ2) is 4.45. The Bertz CT molecular complexity index is 289. The summed E-state index contributed by atoms with van der Waals surface area (Å²) in [5, 5.41) is 0.199. The molecule has 0 amide bonds. The molecule has 0 N–H and O–H groups in total. The minimum absolute atomic E-state index is 0.0749. The average Bonchev–Trinajstić information content (AvgIpc) is 2.43. The van der Waals surface area contributed by atoms with E-state index in [2.05, 4.69) is 40.4 Å². The molecule has 0 unspecified atom stereocenters. The van der Waals surface area contributed by atoms with Crippen LogP contribution in [0.1, 0.15) is 33.6 Å². The largest absolute Gasteiger partial charge is 0.413 e. The molecule has 1 saturated carbocycles. The van der Waals surface area contributed by atoms with Crippen molar-refractivity contribution in [3.63, 3.8) is 0 Å². The predicted molar refractivity (Wildman–Crippen MR) is 70.0 cm³/mol. The molecule has 0 aromatic heterocycles. The Morgan fingerprint density at radius 2 is 1.94 bits per heavy atom. The summed E-state index contributed by atoms with van der Waals surface area (Å²) in [6.07, 6.45) is 3.14. The lowest BCUT2D eigenvalue weighted by Gasteiger charge is -2.39. The Morgan fingerprint density at radius 1 is 1.38 bits per heavy atom. The number of Topliss-reactive ketones (excluding diaryl/α,β-unsaturated/α-hetero) is 1. The van der Waals surface area contributed by atoms with Gasteiger partial charge >= 0.3 is 0 Å². The van der Waals surface area contributed by atoms with Gasteiger partial charge in [-0.05, 0) is 18.1 Å². The molecule has 0 radical (unpaired) electrons. The maximum Gasteiger partial charge on any atom is 0.192 e. The van der Waals surface area contributed by atoms with Crippen LogP contribution in [0.25, 0.3) is 0 Å². The van der Waals surface area contributed by atoms with Crippen LogP contribution in [0.3, 0.4) is 0 Å². The minimum Gasteiger partial charge on any atom is -0.413 e. The third-order valence-electron chi connectivity index (χ3n) is 3.92. The van der Waals surface area contributed by atoms with E-state index in [0.717, 1.165) is 0 Å². The lowest BCUT2D eigenvalue weighted by atomic mass is 10.1. The van der Waals surface area contributed by atoms with Gasteiger partial charge in [-0.15, -0.1) is 6.58 Å². The van der Waals surface area contributed by atoms with E-state index in [1.54, 1.807) is 0 Å². The number of hydrogen-bond acceptors (Lipinski definition) is 2. The van der Waals surface area contributed by atoms with Crippen molar-refractivity contribution in [3.05, 3.63) is 12.7 Å². The van der Waals surface area contributed by atoms with Gasteiger partial charge in [0, 0.05) is 18.8 Å². The second-order valence-corrected chi connectivity index (χ2v) is 11.0. The van der Waals surface area contributed by atoms with Gasteiger partial charge in [0.05, 0.1) is 6.10 Å². The van der Waals surface area contributed by atoms with Crippen LogP contribution in [0.4, 0.5) is 0 Å². The van der Waals surface area contributed by atoms with Crippen molar-refractivity contribution >= 4 is 14.1 Å². The Balaban J connectivity index is 2.74. The van der Waals surface area contributed by atoms with E-state index < -0.39 is 8.32 Å². The summed E-state index contributed by atoms with van der Waals surface area (Å²) in [4.78, 5) is 11.4. The molecule has 1 aliphatic carbocycles. The van der Waals surface area contributed by atoms with Gasteiger partial charge in [0.15, 0.2) is 8.32 Å². The summed E-state index contributed by atoms with van der Waals surface area (Å²) >= 11 is 0. The van der Waals surface area contributed by atoms with E-state index in [-0.39, 0.29) is 17.1 Å². The van der Waals surface area contributed by atoms with Crippen molar-refractivity contribution in [2.45, 2.75) is 57.8 Å². The first-order valence-electron chi connectivity index (χ1n) is 5.99. The van der Waals surface area contributed by atoms with Gasteiger partial charge in [0.1, 0.15) is 5.78 Å². The van der Waals surface area contributed by atoms with Crippen LogP contribution < -0.4 is 0 Å². The van der Waals surface area contributed by atoms with Gasteiger partial charge < -0.3 is 4.43 Å². The Labute approximate surface area is 100 Å². The van der Waals surface area contributed by atoms with Crippen molar-refractivity contribution in [2.24, 2.45) is 5.92 Å². The summed E-state index contributed by atoms with van der Waals surface area (Å²) < 4.78 is 6.28. The standard InChI is InChI=1S/C13H24O2Si/c1-7-10-8-11(14)9-12(10)15-16(5,6)13(2,3)4/h7,10,12H,1,8-9H2,2-6H3/t10-,12-/m0/s1. The number of hydrogen-bond donors (Lipinski definition) is 0. The normalized spacial score (nSPS) is 27.2. The van der Waals surface area contributed by atoms with Gasteiger partial charge in [0.2, 0.25) is 0 Å². The van der Waals surface area contributed by atoms with Gasteiger partial charge in [-0.1, -0.05) is 26.8 Å². The van der Waals surface area contributed by atoms with Crippen molar-refractivity contribution in [1.82, 2.24) is 0 Å². The van der Waals surface area contributed by atoms with Gasteiger partial charge in [-0.25, -0.2) is 0 Å². The van der Waals surface area contributed by atoms with Crippen LogP contribution in [-0.4, -0.2) is 20.2 Å². The van der Waals surface area contributed by atoms with E-state index >= 15 is 0 Å². The summed E-state index contributed by atoms with van der Waals surface area (Å²) in [6, 6.07) is 0. The summed E-state index contributed by atoms with van der Waals surface area (Å²) in [7, 11) is -1.76. The fraction of sp³-hybridized carbons (Fsp3) is 0.769.